The van der Waals surface area contributed by atoms with Crippen LogP contribution in [0.25, 0.3) is 0 Å². The van der Waals surface area contributed by atoms with Crippen LogP contribution in [-0.2, 0) is 6.42 Å². The summed E-state index contributed by atoms with van der Waals surface area (Å²) in [5, 5.41) is 0. The molecule has 0 unspecified atom stereocenters. The van der Waals surface area contributed by atoms with Crippen LogP contribution in [0.3, 0.4) is 0 Å². The van der Waals surface area contributed by atoms with Crippen LogP contribution >= 0.6 is 0 Å². The molecule has 106 valence electrons. The molecule has 2 rings (SSSR count). The number of nitrogens with zero attached hydrogens (tertiary/aromatic N) is 1. The lowest BCUT2D eigenvalue weighted by Gasteiger charge is -2.22. The molecule has 0 aliphatic heterocycles. The van der Waals surface area contributed by atoms with E-state index in [1.807, 2.05) is 6.07 Å². The van der Waals surface area contributed by atoms with Gasteiger partial charge in [-0.1, -0.05) is 29.8 Å². The maximum absolute atomic E-state index is 6.10. The SMILES string of the molecule is Cc1ccc(N(C)CCc2cc(C)ccc2C)c(N)c1. The zero-order valence-electron chi connectivity index (χ0n) is 12.9. The standard InChI is InChI=1S/C18H24N2/c1-13-5-7-15(3)16(11-13)9-10-20(4)18-8-6-14(2)12-17(18)19/h5-8,11-12H,9-10,19H2,1-4H3. The van der Waals surface area contributed by atoms with Gasteiger partial charge in [0.15, 0.2) is 0 Å². The third-order valence-electron chi connectivity index (χ3n) is 3.82. The Morgan fingerprint density at radius 3 is 2.30 bits per heavy atom. The number of anilines is 2. The van der Waals surface area contributed by atoms with Gasteiger partial charge >= 0.3 is 0 Å². The van der Waals surface area contributed by atoms with Crippen molar-refractivity contribution in [2.24, 2.45) is 0 Å². The van der Waals surface area contributed by atoms with Gasteiger partial charge in [0.05, 0.1) is 11.4 Å². The summed E-state index contributed by atoms with van der Waals surface area (Å²) in [5.41, 5.74) is 13.4. The van der Waals surface area contributed by atoms with Crippen LogP contribution in [-0.4, -0.2) is 13.6 Å². The molecule has 0 aromatic heterocycles. The van der Waals surface area contributed by atoms with E-state index in [0.29, 0.717) is 0 Å². The number of hydrogen-bond acceptors (Lipinski definition) is 2. The summed E-state index contributed by atoms with van der Waals surface area (Å²) < 4.78 is 0. The Morgan fingerprint density at radius 2 is 1.60 bits per heavy atom. The highest BCUT2D eigenvalue weighted by Gasteiger charge is 2.06. The zero-order chi connectivity index (χ0) is 14.7. The first kappa shape index (κ1) is 14.4. The largest absolute Gasteiger partial charge is 0.397 e. The molecule has 0 atom stereocenters. The molecule has 0 radical (unpaired) electrons. The Balaban J connectivity index is 2.08. The Kier molecular flexibility index (Phi) is 4.33. The lowest BCUT2D eigenvalue weighted by molar-refractivity contribution is 0.871. The molecule has 0 fully saturated rings. The van der Waals surface area contributed by atoms with E-state index in [0.717, 1.165) is 24.3 Å². The lowest BCUT2D eigenvalue weighted by atomic mass is 10.0. The molecule has 0 amide bonds. The van der Waals surface area contributed by atoms with Gasteiger partial charge in [-0.15, -0.1) is 0 Å². The summed E-state index contributed by atoms with van der Waals surface area (Å²) in [7, 11) is 2.10. The number of likely N-dealkylation sites (N-methyl/N-ethyl adjacent to an activating group) is 1. The van der Waals surface area contributed by atoms with E-state index in [1.165, 1.54) is 22.3 Å². The van der Waals surface area contributed by atoms with Gasteiger partial charge in [-0.3, -0.25) is 0 Å². The van der Waals surface area contributed by atoms with Crippen molar-refractivity contribution >= 4 is 11.4 Å². The molecule has 2 heteroatoms. The predicted molar refractivity (Wildman–Crippen MR) is 88.5 cm³/mol. The van der Waals surface area contributed by atoms with E-state index in [-0.39, 0.29) is 0 Å². The van der Waals surface area contributed by atoms with Gasteiger partial charge in [-0.2, -0.15) is 0 Å². The average molecular weight is 268 g/mol. The Hall–Kier alpha value is -1.96. The van der Waals surface area contributed by atoms with Crippen LogP contribution in [0.1, 0.15) is 22.3 Å². The van der Waals surface area contributed by atoms with Gasteiger partial charge in [0.1, 0.15) is 0 Å². The summed E-state index contributed by atoms with van der Waals surface area (Å²) in [6.07, 6.45) is 1.04. The Morgan fingerprint density at radius 1 is 0.950 bits per heavy atom. The second-order valence-corrected chi connectivity index (χ2v) is 5.66. The van der Waals surface area contributed by atoms with Crippen molar-refractivity contribution in [3.8, 4) is 0 Å². The molecule has 0 saturated carbocycles. The second-order valence-electron chi connectivity index (χ2n) is 5.66. The minimum Gasteiger partial charge on any atom is -0.397 e. The highest BCUT2D eigenvalue weighted by atomic mass is 15.1. The molecular weight excluding hydrogens is 244 g/mol. The van der Waals surface area contributed by atoms with Gasteiger partial charge in [0, 0.05) is 13.6 Å². The van der Waals surface area contributed by atoms with E-state index in [2.05, 4.69) is 63.1 Å². The normalized spacial score (nSPS) is 10.6. The second kappa shape index (κ2) is 6.00. The third kappa shape index (κ3) is 3.32. The van der Waals surface area contributed by atoms with E-state index in [9.17, 15) is 0 Å². The average Bonchev–Trinajstić information content (AvgIpc) is 2.39. The van der Waals surface area contributed by atoms with Gasteiger partial charge in [0.25, 0.3) is 0 Å². The third-order valence-corrected chi connectivity index (χ3v) is 3.82. The van der Waals surface area contributed by atoms with Crippen molar-refractivity contribution in [2.75, 3.05) is 24.2 Å². The minimum absolute atomic E-state index is 0.855. The van der Waals surface area contributed by atoms with E-state index in [4.69, 9.17) is 5.73 Å². The minimum atomic E-state index is 0.855. The first-order chi connectivity index (χ1) is 9.47. The summed E-state index contributed by atoms with van der Waals surface area (Å²) >= 11 is 0. The summed E-state index contributed by atoms with van der Waals surface area (Å²) in [4.78, 5) is 2.23. The molecule has 0 aliphatic carbocycles. The number of nitrogens with two attached hydrogens (primary N) is 1. The van der Waals surface area contributed by atoms with Crippen molar-refractivity contribution in [1.82, 2.24) is 0 Å². The summed E-state index contributed by atoms with van der Waals surface area (Å²) in [5.74, 6) is 0. The predicted octanol–water partition coefficient (Wildman–Crippen LogP) is 3.87. The molecular formula is C18H24N2. The van der Waals surface area contributed by atoms with Crippen molar-refractivity contribution < 1.29 is 0 Å². The first-order valence-corrected chi connectivity index (χ1v) is 7.11. The maximum atomic E-state index is 6.10. The molecule has 2 nitrogen and oxygen atoms in total. The van der Waals surface area contributed by atoms with Crippen molar-refractivity contribution in [3.63, 3.8) is 0 Å². The van der Waals surface area contributed by atoms with Crippen LogP contribution < -0.4 is 10.6 Å². The molecule has 0 bridgehead atoms. The molecule has 0 heterocycles. The number of hydrogen-bond donors (Lipinski definition) is 1. The molecule has 2 aromatic rings. The van der Waals surface area contributed by atoms with Gasteiger partial charge < -0.3 is 10.6 Å². The fraction of sp³-hybridized carbons (Fsp3) is 0.333. The molecule has 2 aromatic carbocycles. The maximum Gasteiger partial charge on any atom is 0.0597 e. The topological polar surface area (TPSA) is 29.3 Å². The Labute approximate surface area is 122 Å². The monoisotopic (exact) mass is 268 g/mol. The van der Waals surface area contributed by atoms with Crippen LogP contribution in [0.4, 0.5) is 11.4 Å². The Bertz CT molecular complexity index is 602. The van der Waals surface area contributed by atoms with Crippen LogP contribution in [0.5, 0.6) is 0 Å². The molecule has 20 heavy (non-hydrogen) atoms. The van der Waals surface area contributed by atoms with E-state index >= 15 is 0 Å². The van der Waals surface area contributed by atoms with E-state index in [1.54, 1.807) is 0 Å². The van der Waals surface area contributed by atoms with E-state index < -0.39 is 0 Å². The first-order valence-electron chi connectivity index (χ1n) is 7.11. The smallest absolute Gasteiger partial charge is 0.0597 e. The van der Waals surface area contributed by atoms with Crippen LogP contribution in [0.2, 0.25) is 0 Å². The summed E-state index contributed by atoms with van der Waals surface area (Å²) in [6, 6.07) is 12.9. The molecule has 0 spiro atoms. The number of aryl methyl sites for hydroxylation is 3. The van der Waals surface area contributed by atoms with Crippen molar-refractivity contribution in [3.05, 3.63) is 58.7 Å². The fourth-order valence-electron chi connectivity index (χ4n) is 2.50. The number of rotatable bonds is 4. The molecule has 0 aliphatic rings. The van der Waals surface area contributed by atoms with Crippen LogP contribution in [0.15, 0.2) is 36.4 Å². The summed E-state index contributed by atoms with van der Waals surface area (Å²) in [6.45, 7) is 7.35. The quantitative estimate of drug-likeness (QED) is 0.853. The number of nitrogen functional groups attached to an aromatic ring is 1. The van der Waals surface area contributed by atoms with Crippen molar-refractivity contribution in [2.45, 2.75) is 27.2 Å². The van der Waals surface area contributed by atoms with Gasteiger partial charge in [0.2, 0.25) is 0 Å². The lowest BCUT2D eigenvalue weighted by Crippen LogP contribution is -2.21. The van der Waals surface area contributed by atoms with Gasteiger partial charge in [-0.25, -0.2) is 0 Å². The molecule has 2 N–H and O–H groups in total. The fourth-order valence-corrected chi connectivity index (χ4v) is 2.50. The van der Waals surface area contributed by atoms with Crippen LogP contribution in [0, 0.1) is 20.8 Å². The highest BCUT2D eigenvalue weighted by Crippen LogP contribution is 2.23. The number of benzene rings is 2. The van der Waals surface area contributed by atoms with Crippen molar-refractivity contribution in [1.29, 1.82) is 0 Å². The zero-order valence-corrected chi connectivity index (χ0v) is 12.9. The van der Waals surface area contributed by atoms with Gasteiger partial charge in [-0.05, 0) is 56.0 Å². The highest BCUT2D eigenvalue weighted by molar-refractivity contribution is 5.68. The molecule has 0 saturated heterocycles.